The highest BCUT2D eigenvalue weighted by Crippen LogP contribution is 2.18. The van der Waals surface area contributed by atoms with Crippen molar-refractivity contribution in [1.82, 2.24) is 9.38 Å². The molecule has 2 aromatic heterocycles. The van der Waals surface area contributed by atoms with E-state index < -0.39 is 9.05 Å². The number of nitrogens with zero attached hydrogens (tertiary/aromatic N) is 2. The topological polar surface area (TPSA) is 51.4 Å². The van der Waals surface area contributed by atoms with Crippen molar-refractivity contribution in [3.05, 3.63) is 30.7 Å². The normalized spacial score (nSPS) is 12.1. The van der Waals surface area contributed by atoms with E-state index in [0.717, 1.165) is 0 Å². The Bertz CT molecular complexity index is 546. The van der Waals surface area contributed by atoms with Gasteiger partial charge in [0, 0.05) is 29.3 Å². The van der Waals surface area contributed by atoms with E-state index in [2.05, 4.69) is 4.98 Å². The van der Waals surface area contributed by atoms with E-state index in [1.807, 2.05) is 0 Å². The summed E-state index contributed by atoms with van der Waals surface area (Å²) < 4.78 is 23.7. The number of imidazole rings is 1. The lowest BCUT2D eigenvalue weighted by Crippen LogP contribution is -1.95. The SMILES string of the molecule is O=S(=O)(Cl)c1cccn2ccnc12. The molecule has 0 radical (unpaired) electrons. The Balaban J connectivity index is 2.91. The van der Waals surface area contributed by atoms with E-state index in [0.29, 0.717) is 5.65 Å². The highest BCUT2D eigenvalue weighted by Gasteiger charge is 2.14. The van der Waals surface area contributed by atoms with Crippen LogP contribution in [0.15, 0.2) is 35.6 Å². The Morgan fingerprint density at radius 3 is 2.85 bits per heavy atom. The number of fused-ring (bicyclic) bond motifs is 1. The number of rotatable bonds is 1. The van der Waals surface area contributed by atoms with E-state index in [-0.39, 0.29) is 4.90 Å². The molecule has 0 aromatic carbocycles. The summed E-state index contributed by atoms with van der Waals surface area (Å²) in [7, 11) is 1.50. The molecule has 6 heteroatoms. The average Bonchev–Trinajstić information content (AvgIpc) is 2.48. The van der Waals surface area contributed by atoms with Crippen LogP contribution in [0.4, 0.5) is 0 Å². The summed E-state index contributed by atoms with van der Waals surface area (Å²) in [6.45, 7) is 0. The van der Waals surface area contributed by atoms with E-state index in [4.69, 9.17) is 10.7 Å². The molecule has 0 amide bonds. The smallest absolute Gasteiger partial charge is 0.265 e. The molecule has 68 valence electrons. The third-order valence-corrected chi connectivity index (χ3v) is 2.99. The Hall–Kier alpha value is -1.07. The second kappa shape index (κ2) is 2.71. The molecule has 0 aliphatic heterocycles. The summed E-state index contributed by atoms with van der Waals surface area (Å²) in [5, 5.41) is 0. The first-order valence-electron chi connectivity index (χ1n) is 3.45. The molecule has 0 N–H and O–H groups in total. The molecule has 0 aliphatic carbocycles. The van der Waals surface area contributed by atoms with Crippen LogP contribution >= 0.6 is 10.7 Å². The van der Waals surface area contributed by atoms with Gasteiger partial charge >= 0.3 is 0 Å². The molecule has 4 nitrogen and oxygen atoms in total. The van der Waals surface area contributed by atoms with Crippen molar-refractivity contribution >= 4 is 25.4 Å². The van der Waals surface area contributed by atoms with Gasteiger partial charge < -0.3 is 4.40 Å². The van der Waals surface area contributed by atoms with Crippen LogP contribution in [0.25, 0.3) is 5.65 Å². The molecular weight excluding hydrogens is 212 g/mol. The second-order valence-corrected chi connectivity index (χ2v) is 5.00. The number of pyridine rings is 1. The number of aromatic nitrogens is 2. The fourth-order valence-electron chi connectivity index (χ4n) is 1.11. The van der Waals surface area contributed by atoms with Crippen molar-refractivity contribution < 1.29 is 8.42 Å². The molecule has 0 fully saturated rings. The fraction of sp³-hybridized carbons (Fsp3) is 0. The maximum absolute atomic E-state index is 11.1. The quantitative estimate of drug-likeness (QED) is 0.675. The summed E-state index contributed by atoms with van der Waals surface area (Å²) >= 11 is 0. The van der Waals surface area contributed by atoms with Crippen LogP contribution in [0.1, 0.15) is 0 Å². The molecule has 13 heavy (non-hydrogen) atoms. The van der Waals surface area contributed by atoms with Gasteiger partial charge in [-0.05, 0) is 12.1 Å². The van der Waals surface area contributed by atoms with E-state index in [9.17, 15) is 8.42 Å². The van der Waals surface area contributed by atoms with Crippen LogP contribution in [-0.4, -0.2) is 17.8 Å². The second-order valence-electron chi connectivity index (χ2n) is 2.47. The predicted molar refractivity (Wildman–Crippen MR) is 48.2 cm³/mol. The third-order valence-electron chi connectivity index (χ3n) is 1.65. The van der Waals surface area contributed by atoms with Gasteiger partial charge in [-0.15, -0.1) is 0 Å². The monoisotopic (exact) mass is 216 g/mol. The van der Waals surface area contributed by atoms with Crippen LogP contribution in [0, 0.1) is 0 Å². The zero-order chi connectivity index (χ0) is 9.47. The van der Waals surface area contributed by atoms with Crippen LogP contribution in [-0.2, 0) is 9.05 Å². The van der Waals surface area contributed by atoms with Crippen LogP contribution < -0.4 is 0 Å². The van der Waals surface area contributed by atoms with Crippen molar-refractivity contribution in [3.8, 4) is 0 Å². The molecule has 0 saturated heterocycles. The molecule has 0 spiro atoms. The predicted octanol–water partition coefficient (Wildman–Crippen LogP) is 1.26. The van der Waals surface area contributed by atoms with Gasteiger partial charge in [0.2, 0.25) is 0 Å². The number of hydrogen-bond acceptors (Lipinski definition) is 3. The molecule has 0 saturated carbocycles. The first-order valence-corrected chi connectivity index (χ1v) is 5.76. The van der Waals surface area contributed by atoms with Gasteiger partial charge in [-0.1, -0.05) is 0 Å². The van der Waals surface area contributed by atoms with Crippen LogP contribution in [0.2, 0.25) is 0 Å². The molecule has 0 bridgehead atoms. The maximum atomic E-state index is 11.1. The molecule has 0 unspecified atom stereocenters. The largest absolute Gasteiger partial charge is 0.306 e. The lowest BCUT2D eigenvalue weighted by molar-refractivity contribution is 0.610. The lowest BCUT2D eigenvalue weighted by atomic mass is 10.5. The van der Waals surface area contributed by atoms with Gasteiger partial charge in [-0.25, -0.2) is 13.4 Å². The summed E-state index contributed by atoms with van der Waals surface area (Å²) in [4.78, 5) is 3.91. The standard InChI is InChI=1S/C7H5ClN2O2S/c8-13(11,12)6-2-1-4-10-5-3-9-7(6)10/h1-5H. The Labute approximate surface area is 79.2 Å². The first kappa shape index (κ1) is 8.52. The number of halogens is 1. The molecule has 2 aromatic rings. The van der Waals surface area contributed by atoms with Crippen molar-refractivity contribution in [2.45, 2.75) is 4.90 Å². The van der Waals surface area contributed by atoms with Gasteiger partial charge in [0.25, 0.3) is 9.05 Å². The van der Waals surface area contributed by atoms with Gasteiger partial charge in [0.05, 0.1) is 0 Å². The minimum absolute atomic E-state index is 0.0293. The fourth-order valence-corrected chi connectivity index (χ4v) is 2.09. The Kier molecular flexibility index (Phi) is 1.78. The molecule has 0 atom stereocenters. The Morgan fingerprint density at radius 2 is 2.15 bits per heavy atom. The van der Waals surface area contributed by atoms with Crippen molar-refractivity contribution in [2.24, 2.45) is 0 Å². The van der Waals surface area contributed by atoms with Gasteiger partial charge in [0.15, 0.2) is 5.65 Å². The van der Waals surface area contributed by atoms with Crippen molar-refractivity contribution in [2.75, 3.05) is 0 Å². The van der Waals surface area contributed by atoms with Gasteiger partial charge in [-0.2, -0.15) is 0 Å². The average molecular weight is 217 g/mol. The lowest BCUT2D eigenvalue weighted by Gasteiger charge is -1.97. The van der Waals surface area contributed by atoms with Gasteiger partial charge in [0.1, 0.15) is 4.90 Å². The number of hydrogen-bond donors (Lipinski definition) is 0. The van der Waals surface area contributed by atoms with Crippen molar-refractivity contribution in [1.29, 1.82) is 0 Å². The zero-order valence-corrected chi connectivity index (χ0v) is 7.96. The molecule has 2 heterocycles. The van der Waals surface area contributed by atoms with E-state index >= 15 is 0 Å². The summed E-state index contributed by atoms with van der Waals surface area (Å²) in [5.41, 5.74) is 0.345. The van der Waals surface area contributed by atoms with Crippen LogP contribution in [0.3, 0.4) is 0 Å². The van der Waals surface area contributed by atoms with Gasteiger partial charge in [-0.3, -0.25) is 0 Å². The highest BCUT2D eigenvalue weighted by molar-refractivity contribution is 8.13. The highest BCUT2D eigenvalue weighted by atomic mass is 35.7. The summed E-state index contributed by atoms with van der Waals surface area (Å²) in [6, 6.07) is 3.02. The third kappa shape index (κ3) is 1.40. The van der Waals surface area contributed by atoms with E-state index in [1.165, 1.54) is 12.3 Å². The molecule has 2 rings (SSSR count). The molecule has 0 aliphatic rings. The first-order chi connectivity index (χ1) is 6.09. The minimum Gasteiger partial charge on any atom is -0.306 e. The zero-order valence-electron chi connectivity index (χ0n) is 6.38. The minimum atomic E-state index is -3.71. The molecular formula is C7H5ClN2O2S. The summed E-state index contributed by atoms with van der Waals surface area (Å²) in [6.07, 6.45) is 4.87. The van der Waals surface area contributed by atoms with E-state index in [1.54, 1.807) is 22.9 Å². The Morgan fingerprint density at radius 1 is 1.38 bits per heavy atom. The van der Waals surface area contributed by atoms with Crippen molar-refractivity contribution in [3.63, 3.8) is 0 Å². The summed E-state index contributed by atoms with van der Waals surface area (Å²) in [5.74, 6) is 0. The van der Waals surface area contributed by atoms with Crippen LogP contribution in [0.5, 0.6) is 0 Å². The maximum Gasteiger partial charge on any atom is 0.265 e.